The van der Waals surface area contributed by atoms with Crippen LogP contribution in [-0.4, -0.2) is 39.3 Å². The number of carbonyl (C=O) groups is 1. The molecule has 0 saturated heterocycles. The van der Waals surface area contributed by atoms with E-state index in [0.717, 1.165) is 12.5 Å². The molecular weight excluding hydrogens is 390 g/mol. The molecule has 3 rings (SSSR count). The molecular formula is C22H30F2N4O2. The Bertz CT molecular complexity index is 897. The number of halogens is 2. The highest BCUT2D eigenvalue weighted by Crippen LogP contribution is 2.26. The van der Waals surface area contributed by atoms with E-state index >= 15 is 0 Å². The topological polar surface area (TPSA) is 79.2 Å². The lowest BCUT2D eigenvalue weighted by Crippen LogP contribution is -2.48. The molecule has 2 aromatic rings. The van der Waals surface area contributed by atoms with Crippen molar-refractivity contribution in [1.82, 2.24) is 14.9 Å². The summed E-state index contributed by atoms with van der Waals surface area (Å²) in [4.78, 5) is 17.1. The molecule has 2 atom stereocenters. The van der Waals surface area contributed by atoms with Gasteiger partial charge in [0.05, 0.1) is 24.5 Å². The minimum absolute atomic E-state index is 0.0552. The van der Waals surface area contributed by atoms with Crippen LogP contribution >= 0.6 is 0 Å². The van der Waals surface area contributed by atoms with Crippen molar-refractivity contribution < 1.29 is 18.7 Å². The van der Waals surface area contributed by atoms with Gasteiger partial charge in [-0.25, -0.2) is 13.8 Å². The molecule has 0 spiro atoms. The number of amides is 1. The first kappa shape index (κ1) is 22.4. The van der Waals surface area contributed by atoms with Crippen molar-refractivity contribution >= 4 is 11.7 Å². The molecule has 0 radical (unpaired) electrons. The lowest BCUT2D eigenvalue weighted by Gasteiger charge is -2.29. The Labute approximate surface area is 175 Å². The predicted octanol–water partition coefficient (Wildman–Crippen LogP) is 3.14. The molecule has 0 saturated carbocycles. The first-order valence-electron chi connectivity index (χ1n) is 10.4. The third-order valence-corrected chi connectivity index (χ3v) is 5.72. The zero-order valence-electron chi connectivity index (χ0n) is 17.7. The third kappa shape index (κ3) is 5.05. The number of fused-ring (bicyclic) bond motifs is 1. The average molecular weight is 421 g/mol. The van der Waals surface area contributed by atoms with Gasteiger partial charge in [0.15, 0.2) is 5.82 Å². The van der Waals surface area contributed by atoms with Crippen LogP contribution in [0.15, 0.2) is 24.7 Å². The van der Waals surface area contributed by atoms with Crippen LogP contribution in [-0.2, 0) is 23.2 Å². The second-order valence-corrected chi connectivity index (χ2v) is 8.60. The number of aliphatic hydroxyl groups excluding tert-OH is 1. The summed E-state index contributed by atoms with van der Waals surface area (Å²) in [6.45, 7) is 5.68. The van der Waals surface area contributed by atoms with Gasteiger partial charge in [0.25, 0.3) is 0 Å². The van der Waals surface area contributed by atoms with Crippen molar-refractivity contribution in [2.75, 3.05) is 11.9 Å². The van der Waals surface area contributed by atoms with Gasteiger partial charge in [-0.3, -0.25) is 4.79 Å². The first-order valence-corrected chi connectivity index (χ1v) is 10.4. The largest absolute Gasteiger partial charge is 0.394 e. The van der Waals surface area contributed by atoms with Crippen LogP contribution in [0, 0.1) is 11.6 Å². The number of hydrogen-bond acceptors (Lipinski definition) is 4. The summed E-state index contributed by atoms with van der Waals surface area (Å²) in [7, 11) is 0. The number of nitrogens with one attached hydrogen (secondary N) is 2. The summed E-state index contributed by atoms with van der Waals surface area (Å²) in [6.07, 6.45) is 6.41. The molecule has 164 valence electrons. The van der Waals surface area contributed by atoms with E-state index in [-0.39, 0.29) is 18.6 Å². The quantitative estimate of drug-likeness (QED) is 0.613. The van der Waals surface area contributed by atoms with Crippen LogP contribution in [0.4, 0.5) is 14.6 Å². The molecule has 0 fully saturated rings. The maximum atomic E-state index is 14.2. The van der Waals surface area contributed by atoms with Crippen molar-refractivity contribution in [3.05, 3.63) is 47.4 Å². The monoisotopic (exact) mass is 420 g/mol. The molecule has 3 N–H and O–H groups in total. The minimum Gasteiger partial charge on any atom is -0.394 e. The Balaban J connectivity index is 1.66. The van der Waals surface area contributed by atoms with Gasteiger partial charge in [0, 0.05) is 18.3 Å². The van der Waals surface area contributed by atoms with Gasteiger partial charge in [-0.05, 0) is 56.7 Å². The summed E-state index contributed by atoms with van der Waals surface area (Å²) >= 11 is 0. The molecule has 8 heteroatoms. The number of aromatic nitrogens is 2. The van der Waals surface area contributed by atoms with Crippen LogP contribution in [0.1, 0.15) is 51.2 Å². The van der Waals surface area contributed by atoms with E-state index in [1.54, 1.807) is 17.1 Å². The number of carbonyl (C=O) groups excluding carboxylic acids is 1. The second kappa shape index (κ2) is 9.22. The molecule has 1 aliphatic carbocycles. The fraction of sp³-hybridized carbons (Fsp3) is 0.545. The molecule has 1 heterocycles. The van der Waals surface area contributed by atoms with Gasteiger partial charge in [-0.15, -0.1) is 0 Å². The first-order chi connectivity index (χ1) is 14.2. The standard InChI is InChI=1S/C22H30F2N4O2/c1-4-5-19(21(30)27-20-11-28(13-25-20)22(2,3)12-29)26-16-7-6-14-8-15(23)9-18(24)17(14)10-16/h8-9,11,13,16,19,26,29H,4-7,10,12H2,1-3H3,(H,27,30)/t16-,19-/m0/s1. The van der Waals surface area contributed by atoms with E-state index in [9.17, 15) is 18.7 Å². The van der Waals surface area contributed by atoms with E-state index in [4.69, 9.17) is 0 Å². The molecule has 6 nitrogen and oxygen atoms in total. The Hall–Kier alpha value is -2.32. The Morgan fingerprint density at radius 2 is 2.17 bits per heavy atom. The van der Waals surface area contributed by atoms with Crippen LogP contribution < -0.4 is 10.6 Å². The maximum absolute atomic E-state index is 14.2. The molecule has 1 aromatic carbocycles. The lowest BCUT2D eigenvalue weighted by molar-refractivity contribution is -0.118. The molecule has 1 aliphatic rings. The molecule has 1 aromatic heterocycles. The van der Waals surface area contributed by atoms with Gasteiger partial charge in [0.1, 0.15) is 11.6 Å². The molecule has 0 aliphatic heterocycles. The van der Waals surface area contributed by atoms with Gasteiger partial charge in [0.2, 0.25) is 5.91 Å². The van der Waals surface area contributed by atoms with Gasteiger partial charge < -0.3 is 20.3 Å². The van der Waals surface area contributed by atoms with E-state index in [1.807, 2.05) is 20.8 Å². The Kier molecular flexibility index (Phi) is 6.88. The summed E-state index contributed by atoms with van der Waals surface area (Å²) < 4.78 is 29.4. The van der Waals surface area contributed by atoms with Gasteiger partial charge in [-0.1, -0.05) is 13.3 Å². The fourth-order valence-corrected chi connectivity index (χ4v) is 3.81. The van der Waals surface area contributed by atoms with E-state index in [1.165, 1.54) is 6.07 Å². The molecule has 0 bridgehead atoms. The lowest BCUT2D eigenvalue weighted by atomic mass is 9.87. The van der Waals surface area contributed by atoms with Crippen molar-refractivity contribution in [3.8, 4) is 0 Å². The second-order valence-electron chi connectivity index (χ2n) is 8.60. The summed E-state index contributed by atoms with van der Waals surface area (Å²) in [5, 5.41) is 15.7. The van der Waals surface area contributed by atoms with Crippen molar-refractivity contribution in [3.63, 3.8) is 0 Å². The fourth-order valence-electron chi connectivity index (χ4n) is 3.81. The van der Waals surface area contributed by atoms with E-state index in [0.29, 0.717) is 42.6 Å². The average Bonchev–Trinajstić information content (AvgIpc) is 3.17. The van der Waals surface area contributed by atoms with Crippen molar-refractivity contribution in [2.24, 2.45) is 0 Å². The smallest absolute Gasteiger partial charge is 0.242 e. The summed E-state index contributed by atoms with van der Waals surface area (Å²) in [6, 6.07) is 1.81. The van der Waals surface area contributed by atoms with Crippen LogP contribution in [0.5, 0.6) is 0 Å². The third-order valence-electron chi connectivity index (χ3n) is 5.72. The normalized spacial score (nSPS) is 17.5. The molecule has 0 unspecified atom stereocenters. The number of aryl methyl sites for hydroxylation is 1. The Morgan fingerprint density at radius 1 is 1.40 bits per heavy atom. The Morgan fingerprint density at radius 3 is 2.87 bits per heavy atom. The maximum Gasteiger partial charge on any atom is 0.242 e. The number of nitrogens with zero attached hydrogens (tertiary/aromatic N) is 2. The number of imidazole rings is 1. The highest BCUT2D eigenvalue weighted by molar-refractivity contribution is 5.94. The van der Waals surface area contributed by atoms with Crippen LogP contribution in [0.25, 0.3) is 0 Å². The van der Waals surface area contributed by atoms with Crippen LogP contribution in [0.3, 0.4) is 0 Å². The SMILES string of the molecule is CCC[C@H](N[C@H]1CCc2cc(F)cc(F)c2C1)C(=O)Nc1cn(C(C)(C)CO)cn1. The number of aliphatic hydroxyl groups is 1. The number of hydrogen-bond donors (Lipinski definition) is 3. The predicted molar refractivity (Wildman–Crippen MR) is 111 cm³/mol. The van der Waals surface area contributed by atoms with Crippen LogP contribution in [0.2, 0.25) is 0 Å². The van der Waals surface area contributed by atoms with Gasteiger partial charge in [-0.2, -0.15) is 0 Å². The molecule has 30 heavy (non-hydrogen) atoms. The van der Waals surface area contributed by atoms with Gasteiger partial charge >= 0.3 is 0 Å². The van der Waals surface area contributed by atoms with E-state index < -0.39 is 23.2 Å². The zero-order chi connectivity index (χ0) is 21.9. The summed E-state index contributed by atoms with van der Waals surface area (Å²) in [5.41, 5.74) is 0.718. The number of benzene rings is 1. The zero-order valence-corrected chi connectivity index (χ0v) is 17.7. The van der Waals surface area contributed by atoms with Crippen molar-refractivity contribution in [2.45, 2.75) is 70.5 Å². The number of anilines is 1. The van der Waals surface area contributed by atoms with E-state index in [2.05, 4.69) is 15.6 Å². The highest BCUT2D eigenvalue weighted by Gasteiger charge is 2.27. The minimum atomic E-state index is -0.551. The molecule has 1 amide bonds. The summed E-state index contributed by atoms with van der Waals surface area (Å²) in [5.74, 6) is -0.857. The number of rotatable bonds is 8. The highest BCUT2D eigenvalue weighted by atomic mass is 19.1. The van der Waals surface area contributed by atoms with Crippen molar-refractivity contribution in [1.29, 1.82) is 0 Å².